The van der Waals surface area contributed by atoms with E-state index in [1.807, 2.05) is 24.1 Å². The highest BCUT2D eigenvalue weighted by Crippen LogP contribution is 2.32. The van der Waals surface area contributed by atoms with Crippen LogP contribution in [0.2, 0.25) is 0 Å². The second-order valence-corrected chi connectivity index (χ2v) is 7.77. The number of piperidine rings is 1. The Kier molecular flexibility index (Phi) is 4.42. The van der Waals surface area contributed by atoms with Crippen molar-refractivity contribution >= 4 is 22.8 Å². The third-order valence-electron chi connectivity index (χ3n) is 5.53. The van der Waals surface area contributed by atoms with Crippen LogP contribution in [0.25, 0.3) is 11.0 Å². The van der Waals surface area contributed by atoms with Gasteiger partial charge in [-0.3, -0.25) is 9.59 Å². The van der Waals surface area contributed by atoms with Gasteiger partial charge in [-0.25, -0.2) is 4.98 Å². The molecule has 1 N–H and O–H groups in total. The van der Waals surface area contributed by atoms with Gasteiger partial charge in [0, 0.05) is 32.0 Å². The number of carbonyl (C=O) groups is 2. The van der Waals surface area contributed by atoms with E-state index in [-0.39, 0.29) is 17.7 Å². The number of carbonyl (C=O) groups excluding carboxylic acids is 2. The Morgan fingerprint density at radius 2 is 1.92 bits per heavy atom. The van der Waals surface area contributed by atoms with Crippen LogP contribution in [0.3, 0.4) is 0 Å². The third kappa shape index (κ3) is 3.45. The second-order valence-electron chi connectivity index (χ2n) is 7.77. The number of aromatic amines is 1. The van der Waals surface area contributed by atoms with E-state index in [4.69, 9.17) is 0 Å². The number of benzene rings is 1. The monoisotopic (exact) mass is 354 g/mol. The quantitative estimate of drug-likeness (QED) is 0.917. The first-order valence-electron chi connectivity index (χ1n) is 9.50. The Morgan fingerprint density at radius 1 is 1.19 bits per heavy atom. The topological polar surface area (TPSA) is 69.3 Å². The summed E-state index contributed by atoms with van der Waals surface area (Å²) < 4.78 is 0. The van der Waals surface area contributed by atoms with Crippen LogP contribution in [0.1, 0.15) is 37.1 Å². The van der Waals surface area contributed by atoms with E-state index in [1.165, 1.54) is 5.56 Å². The Balaban J connectivity index is 1.34. The summed E-state index contributed by atoms with van der Waals surface area (Å²) in [5.41, 5.74) is 3.12. The minimum Gasteiger partial charge on any atom is -0.342 e. The van der Waals surface area contributed by atoms with Crippen LogP contribution < -0.4 is 0 Å². The summed E-state index contributed by atoms with van der Waals surface area (Å²) in [6.07, 6.45) is 3.61. The maximum Gasteiger partial charge on any atom is 0.225 e. The predicted octanol–water partition coefficient (Wildman–Crippen LogP) is 2.48. The van der Waals surface area contributed by atoms with E-state index in [0.717, 1.165) is 42.5 Å². The first kappa shape index (κ1) is 17.1. The fourth-order valence-corrected chi connectivity index (χ4v) is 3.80. The zero-order valence-electron chi connectivity index (χ0n) is 15.5. The average Bonchev–Trinajstić information content (AvgIpc) is 3.41. The maximum absolute atomic E-state index is 12.8. The van der Waals surface area contributed by atoms with Crippen molar-refractivity contribution < 1.29 is 9.59 Å². The molecule has 26 heavy (non-hydrogen) atoms. The Morgan fingerprint density at radius 3 is 2.62 bits per heavy atom. The largest absolute Gasteiger partial charge is 0.342 e. The molecule has 2 aromatic rings. The minimum atomic E-state index is 0.00914. The smallest absolute Gasteiger partial charge is 0.225 e. The molecule has 2 aliphatic rings. The van der Waals surface area contributed by atoms with E-state index >= 15 is 0 Å². The van der Waals surface area contributed by atoms with Crippen molar-refractivity contribution in [2.75, 3.05) is 20.1 Å². The average molecular weight is 354 g/mol. The molecule has 138 valence electrons. The van der Waals surface area contributed by atoms with Gasteiger partial charge in [-0.05, 0) is 50.3 Å². The van der Waals surface area contributed by atoms with E-state index in [9.17, 15) is 9.59 Å². The molecule has 0 unspecified atom stereocenters. The lowest BCUT2D eigenvalue weighted by Gasteiger charge is -2.33. The Bertz CT molecular complexity index is 831. The zero-order valence-corrected chi connectivity index (χ0v) is 15.5. The first-order chi connectivity index (χ1) is 12.5. The molecule has 0 atom stereocenters. The van der Waals surface area contributed by atoms with Gasteiger partial charge in [0.25, 0.3) is 0 Å². The van der Waals surface area contributed by atoms with Crippen molar-refractivity contribution in [1.29, 1.82) is 0 Å². The number of nitrogens with zero attached hydrogens (tertiary/aromatic N) is 3. The summed E-state index contributed by atoms with van der Waals surface area (Å²) in [7, 11) is 1.84. The van der Waals surface area contributed by atoms with E-state index in [0.29, 0.717) is 25.5 Å². The lowest BCUT2D eigenvalue weighted by molar-refractivity contribution is -0.140. The first-order valence-corrected chi connectivity index (χ1v) is 9.50. The molecule has 0 radical (unpaired) electrons. The summed E-state index contributed by atoms with van der Waals surface area (Å²) >= 11 is 0. The highest BCUT2D eigenvalue weighted by Gasteiger charge is 2.36. The Hall–Kier alpha value is -2.37. The van der Waals surface area contributed by atoms with Gasteiger partial charge >= 0.3 is 0 Å². The van der Waals surface area contributed by atoms with Crippen LogP contribution in [-0.4, -0.2) is 51.7 Å². The third-order valence-corrected chi connectivity index (χ3v) is 5.53. The van der Waals surface area contributed by atoms with Crippen molar-refractivity contribution in [3.05, 3.63) is 29.6 Å². The number of likely N-dealkylation sites (tertiary alicyclic amines) is 1. The minimum absolute atomic E-state index is 0.00914. The zero-order chi connectivity index (χ0) is 18.3. The van der Waals surface area contributed by atoms with E-state index in [1.54, 1.807) is 4.90 Å². The number of aryl methyl sites for hydroxylation is 1. The normalized spacial score (nSPS) is 18.3. The van der Waals surface area contributed by atoms with Gasteiger partial charge in [-0.2, -0.15) is 0 Å². The predicted molar refractivity (Wildman–Crippen MR) is 99.3 cm³/mol. The summed E-state index contributed by atoms with van der Waals surface area (Å²) in [5, 5.41) is 0. The molecule has 6 nitrogen and oxygen atoms in total. The van der Waals surface area contributed by atoms with Crippen LogP contribution in [0, 0.1) is 18.8 Å². The molecule has 1 aliphatic carbocycles. The molecule has 6 heteroatoms. The van der Waals surface area contributed by atoms with Gasteiger partial charge in [-0.1, -0.05) is 6.07 Å². The molecule has 0 bridgehead atoms. The van der Waals surface area contributed by atoms with Gasteiger partial charge in [0.2, 0.25) is 11.8 Å². The number of fused-ring (bicyclic) bond motifs is 1. The van der Waals surface area contributed by atoms with Crippen molar-refractivity contribution in [2.45, 2.75) is 39.2 Å². The fraction of sp³-hybridized carbons (Fsp3) is 0.550. The number of nitrogens with one attached hydrogen (secondary N) is 1. The molecule has 1 saturated heterocycles. The molecular formula is C20H26N4O2. The molecule has 0 spiro atoms. The lowest BCUT2D eigenvalue weighted by atomic mass is 9.95. The Labute approximate surface area is 153 Å². The van der Waals surface area contributed by atoms with E-state index in [2.05, 4.69) is 23.0 Å². The number of amides is 2. The number of hydrogen-bond acceptors (Lipinski definition) is 3. The molecule has 2 fully saturated rings. The summed E-state index contributed by atoms with van der Waals surface area (Å²) in [5.74, 6) is 1.53. The van der Waals surface area contributed by atoms with Crippen LogP contribution in [0.4, 0.5) is 0 Å². The molecule has 1 saturated carbocycles. The van der Waals surface area contributed by atoms with Crippen LogP contribution in [0.5, 0.6) is 0 Å². The molecule has 1 aromatic carbocycles. The molecule has 2 amide bonds. The molecule has 4 rings (SSSR count). The molecule has 2 heterocycles. The number of hydrogen-bond donors (Lipinski definition) is 1. The highest BCUT2D eigenvalue weighted by molar-refractivity contribution is 5.82. The van der Waals surface area contributed by atoms with Crippen LogP contribution >= 0.6 is 0 Å². The van der Waals surface area contributed by atoms with Gasteiger partial charge in [0.15, 0.2) is 0 Å². The summed E-state index contributed by atoms with van der Waals surface area (Å²) in [6.45, 7) is 3.96. The van der Waals surface area contributed by atoms with Crippen LogP contribution in [-0.2, 0) is 16.1 Å². The number of H-pyrrole nitrogens is 1. The van der Waals surface area contributed by atoms with Crippen LogP contribution in [0.15, 0.2) is 18.2 Å². The van der Waals surface area contributed by atoms with Crippen molar-refractivity contribution in [3.63, 3.8) is 0 Å². The van der Waals surface area contributed by atoms with Gasteiger partial charge in [-0.15, -0.1) is 0 Å². The summed E-state index contributed by atoms with van der Waals surface area (Å²) in [4.78, 5) is 36.5. The van der Waals surface area contributed by atoms with Crippen molar-refractivity contribution in [2.24, 2.45) is 11.8 Å². The van der Waals surface area contributed by atoms with Gasteiger partial charge in [0.05, 0.1) is 17.6 Å². The number of imidazole rings is 1. The molecular weight excluding hydrogens is 328 g/mol. The SMILES string of the molecule is Cc1ccc2nc(CN(C)C(=O)C3CCN(C(=O)C4CC4)CC3)[nH]c2c1. The van der Waals surface area contributed by atoms with E-state index < -0.39 is 0 Å². The lowest BCUT2D eigenvalue weighted by Crippen LogP contribution is -2.43. The maximum atomic E-state index is 12.8. The van der Waals surface area contributed by atoms with Gasteiger partial charge < -0.3 is 14.8 Å². The van der Waals surface area contributed by atoms with Crippen molar-refractivity contribution in [1.82, 2.24) is 19.8 Å². The highest BCUT2D eigenvalue weighted by atomic mass is 16.2. The number of aromatic nitrogens is 2. The summed E-state index contributed by atoms with van der Waals surface area (Å²) in [6, 6.07) is 6.11. The standard InChI is InChI=1S/C20H26N4O2/c1-13-3-6-16-17(11-13)22-18(21-16)12-23(2)19(25)15-7-9-24(10-8-15)20(26)14-4-5-14/h3,6,11,14-15H,4-5,7-10,12H2,1-2H3,(H,21,22). The van der Waals surface area contributed by atoms with Gasteiger partial charge in [0.1, 0.15) is 5.82 Å². The molecule has 1 aromatic heterocycles. The van der Waals surface area contributed by atoms with Crippen molar-refractivity contribution in [3.8, 4) is 0 Å². The fourth-order valence-electron chi connectivity index (χ4n) is 3.80. The molecule has 1 aliphatic heterocycles. The second kappa shape index (κ2) is 6.74. The number of rotatable bonds is 4.